The molecule has 0 spiro atoms. The van der Waals surface area contributed by atoms with Crippen molar-refractivity contribution in [3.8, 4) is 11.8 Å². The second-order valence-electron chi connectivity index (χ2n) is 3.69. The van der Waals surface area contributed by atoms with Crippen LogP contribution in [0.5, 0.6) is 0 Å². The quantitative estimate of drug-likeness (QED) is 0.562. The Morgan fingerprint density at radius 1 is 0.950 bits per heavy atom. The van der Waals surface area contributed by atoms with E-state index in [1.165, 1.54) is 0 Å². The van der Waals surface area contributed by atoms with Crippen molar-refractivity contribution in [2.45, 2.75) is 20.8 Å². The third-order valence-electron chi connectivity index (χ3n) is 2.21. The highest BCUT2D eigenvalue weighted by atomic mass is 31.2. The van der Waals surface area contributed by atoms with Crippen molar-refractivity contribution < 1.29 is 13.6 Å². The van der Waals surface area contributed by atoms with Crippen LogP contribution in [0.4, 0.5) is 0 Å². The second kappa shape index (κ2) is 9.74. The molecule has 1 rings (SSSR count). The van der Waals surface area contributed by atoms with Crippen LogP contribution in [-0.4, -0.2) is 26.4 Å². The van der Waals surface area contributed by atoms with Crippen molar-refractivity contribution in [2.24, 2.45) is 4.74 Å². The van der Waals surface area contributed by atoms with E-state index < -0.39 is 7.74 Å². The van der Waals surface area contributed by atoms with Gasteiger partial charge in [-0.3, -0.25) is 0 Å². The van der Waals surface area contributed by atoms with E-state index in [0.717, 1.165) is 5.56 Å². The Morgan fingerprint density at radius 3 is 2.00 bits per heavy atom. The first kappa shape index (κ1) is 16.9. The predicted octanol–water partition coefficient (Wildman–Crippen LogP) is 4.09. The number of nitrogens with zero attached hydrogens (tertiary/aromatic N) is 1. The fourth-order valence-electron chi connectivity index (χ4n) is 1.51. The topological polar surface area (TPSA) is 40.0 Å². The second-order valence-corrected chi connectivity index (χ2v) is 5.68. The molecular weight excluding hydrogens is 273 g/mol. The van der Waals surface area contributed by atoms with Crippen LogP contribution >= 0.6 is 7.74 Å². The molecule has 0 saturated carbocycles. The van der Waals surface area contributed by atoms with Gasteiger partial charge in [-0.05, 0) is 32.9 Å². The zero-order valence-electron chi connectivity index (χ0n) is 12.3. The highest BCUT2D eigenvalue weighted by molar-refractivity contribution is 7.51. The molecule has 0 heterocycles. The van der Waals surface area contributed by atoms with Crippen LogP contribution in [0.2, 0.25) is 0 Å². The van der Waals surface area contributed by atoms with Crippen LogP contribution in [0.25, 0.3) is 0 Å². The lowest BCUT2D eigenvalue weighted by Gasteiger charge is -2.21. The van der Waals surface area contributed by atoms with Gasteiger partial charge in [0.2, 0.25) is 0 Å². The summed E-state index contributed by atoms with van der Waals surface area (Å²) in [6.07, 6.45) is 0. The molecule has 4 nitrogen and oxygen atoms in total. The van der Waals surface area contributed by atoms with Gasteiger partial charge in [-0.1, -0.05) is 30.0 Å². The molecule has 110 valence electrons. The minimum Gasteiger partial charge on any atom is -0.303 e. The molecule has 5 heteroatoms. The summed E-state index contributed by atoms with van der Waals surface area (Å²) in [5.74, 6) is 6.05. The lowest BCUT2D eigenvalue weighted by molar-refractivity contribution is 0.162. The summed E-state index contributed by atoms with van der Waals surface area (Å²) in [6.45, 7) is 7.55. The fourth-order valence-corrected chi connectivity index (χ4v) is 3.20. The maximum atomic E-state index is 5.59. The molecule has 0 aliphatic heterocycles. The zero-order chi connectivity index (χ0) is 14.7. The Kier molecular flexibility index (Phi) is 8.25. The first-order valence-corrected chi connectivity index (χ1v) is 8.31. The molecular formula is C15H22NO3P. The summed E-state index contributed by atoms with van der Waals surface area (Å²) < 4.78 is 21.2. The zero-order valence-corrected chi connectivity index (χ0v) is 13.2. The third-order valence-corrected chi connectivity index (χ3v) is 4.45. The van der Waals surface area contributed by atoms with Crippen molar-refractivity contribution >= 4 is 7.74 Å². The van der Waals surface area contributed by atoms with E-state index in [4.69, 9.17) is 13.6 Å². The predicted molar refractivity (Wildman–Crippen MR) is 82.4 cm³/mol. The van der Waals surface area contributed by atoms with Gasteiger partial charge in [-0.25, -0.2) is 4.74 Å². The van der Waals surface area contributed by atoms with Crippen LogP contribution in [-0.2, 0) is 13.6 Å². The Hall–Kier alpha value is -1.11. The molecule has 0 unspecified atom stereocenters. The van der Waals surface area contributed by atoms with E-state index >= 15 is 0 Å². The SMILES string of the molecule is CCOP(=NCC#Cc1ccccc1)(OCC)OCC. The minimum absolute atomic E-state index is 0.336. The Morgan fingerprint density at radius 2 is 1.50 bits per heavy atom. The van der Waals surface area contributed by atoms with E-state index in [1.807, 2.05) is 51.1 Å². The highest BCUT2D eigenvalue weighted by Gasteiger charge is 2.21. The molecule has 1 aromatic rings. The molecule has 0 radical (unpaired) electrons. The molecule has 20 heavy (non-hydrogen) atoms. The Bertz CT molecular complexity index is 467. The van der Waals surface area contributed by atoms with Crippen LogP contribution in [0.3, 0.4) is 0 Å². The lowest BCUT2D eigenvalue weighted by Crippen LogP contribution is -2.01. The number of rotatable bonds is 7. The molecule has 0 fully saturated rings. The average molecular weight is 295 g/mol. The van der Waals surface area contributed by atoms with Gasteiger partial charge in [0, 0.05) is 5.56 Å². The normalized spacial score (nSPS) is 10.8. The summed E-state index contributed by atoms with van der Waals surface area (Å²) in [5, 5.41) is 0. The monoisotopic (exact) mass is 295 g/mol. The molecule has 0 aliphatic carbocycles. The summed E-state index contributed by atoms with van der Waals surface area (Å²) in [6, 6.07) is 9.80. The lowest BCUT2D eigenvalue weighted by atomic mass is 10.2. The molecule has 0 aliphatic rings. The molecule has 0 bridgehead atoms. The van der Waals surface area contributed by atoms with E-state index in [0.29, 0.717) is 26.4 Å². The third kappa shape index (κ3) is 5.90. The number of hydrogen-bond acceptors (Lipinski definition) is 4. The van der Waals surface area contributed by atoms with E-state index in [-0.39, 0.29) is 0 Å². The minimum atomic E-state index is -2.59. The van der Waals surface area contributed by atoms with Crippen LogP contribution < -0.4 is 0 Å². The molecule has 0 amide bonds. The van der Waals surface area contributed by atoms with Gasteiger partial charge in [-0.15, -0.1) is 0 Å². The van der Waals surface area contributed by atoms with E-state index in [1.54, 1.807) is 0 Å². The van der Waals surface area contributed by atoms with Gasteiger partial charge >= 0.3 is 7.74 Å². The summed E-state index contributed by atoms with van der Waals surface area (Å²) in [5.41, 5.74) is 0.968. The largest absolute Gasteiger partial charge is 0.356 e. The van der Waals surface area contributed by atoms with Crippen molar-refractivity contribution in [2.75, 3.05) is 26.4 Å². The van der Waals surface area contributed by atoms with Gasteiger partial charge in [0.15, 0.2) is 0 Å². The number of hydrogen-bond donors (Lipinski definition) is 0. The molecule has 1 aromatic carbocycles. The van der Waals surface area contributed by atoms with Crippen molar-refractivity contribution in [1.82, 2.24) is 0 Å². The van der Waals surface area contributed by atoms with Gasteiger partial charge in [-0.2, -0.15) is 0 Å². The molecule has 0 aromatic heterocycles. The summed E-state index contributed by atoms with van der Waals surface area (Å²) in [7, 11) is -2.59. The van der Waals surface area contributed by atoms with Crippen LogP contribution in [0, 0.1) is 11.8 Å². The smallest absolute Gasteiger partial charge is 0.303 e. The number of benzene rings is 1. The van der Waals surface area contributed by atoms with E-state index in [9.17, 15) is 0 Å². The Balaban J connectivity index is 2.78. The first-order valence-electron chi connectivity index (χ1n) is 6.82. The summed E-state index contributed by atoms with van der Waals surface area (Å²) >= 11 is 0. The maximum absolute atomic E-state index is 5.59. The maximum Gasteiger partial charge on any atom is 0.356 e. The standard InChI is InChI=1S/C15H22NO3P/c1-4-17-20(18-5-2,19-6-3)16-14-10-13-15-11-8-7-9-12-15/h7-9,11-12H,4-6,14H2,1-3H3. The first-order chi connectivity index (χ1) is 9.76. The molecule has 0 N–H and O–H groups in total. The van der Waals surface area contributed by atoms with Crippen LogP contribution in [0.1, 0.15) is 26.3 Å². The highest BCUT2D eigenvalue weighted by Crippen LogP contribution is 2.52. The summed E-state index contributed by atoms with van der Waals surface area (Å²) in [4.78, 5) is 0. The van der Waals surface area contributed by atoms with Gasteiger partial charge in [0.05, 0.1) is 19.8 Å². The van der Waals surface area contributed by atoms with E-state index in [2.05, 4.69) is 16.6 Å². The van der Waals surface area contributed by atoms with Crippen molar-refractivity contribution in [1.29, 1.82) is 0 Å². The van der Waals surface area contributed by atoms with Crippen LogP contribution in [0.15, 0.2) is 35.1 Å². The Labute approximate surface area is 121 Å². The van der Waals surface area contributed by atoms with Crippen molar-refractivity contribution in [3.63, 3.8) is 0 Å². The van der Waals surface area contributed by atoms with Crippen molar-refractivity contribution in [3.05, 3.63) is 35.9 Å². The average Bonchev–Trinajstić information content (AvgIpc) is 2.46. The molecule has 0 saturated heterocycles. The molecule has 0 atom stereocenters. The fraction of sp³-hybridized carbons (Fsp3) is 0.467. The van der Waals surface area contributed by atoms with Gasteiger partial charge in [0.1, 0.15) is 6.54 Å². The van der Waals surface area contributed by atoms with Gasteiger partial charge in [0.25, 0.3) is 0 Å². The van der Waals surface area contributed by atoms with Gasteiger partial charge < -0.3 is 13.6 Å².